The lowest BCUT2D eigenvalue weighted by atomic mass is 10.2. The summed E-state index contributed by atoms with van der Waals surface area (Å²) in [6.07, 6.45) is 4.86. The first-order chi connectivity index (χ1) is 9.67. The van der Waals surface area contributed by atoms with Crippen molar-refractivity contribution in [1.29, 1.82) is 0 Å². The number of carbonyl (C=O) groups excluding carboxylic acids is 1. The van der Waals surface area contributed by atoms with Gasteiger partial charge in [-0.2, -0.15) is 0 Å². The molecule has 1 amide bonds. The minimum atomic E-state index is -0.217. The monoisotopic (exact) mass is 268 g/mol. The van der Waals surface area contributed by atoms with Gasteiger partial charge in [0.15, 0.2) is 0 Å². The first-order valence-corrected chi connectivity index (χ1v) is 6.23. The molecule has 0 saturated carbocycles. The van der Waals surface area contributed by atoms with Gasteiger partial charge >= 0.3 is 0 Å². The molecule has 0 atom stereocenters. The smallest absolute Gasteiger partial charge is 0.249 e. The maximum Gasteiger partial charge on any atom is 0.249 e. The molecule has 0 spiro atoms. The van der Waals surface area contributed by atoms with Crippen LogP contribution in [0.3, 0.4) is 0 Å². The number of rotatable bonds is 4. The SMILES string of the molecule is COc1cccc(/C=C/C(=O)Nc2cc(C)ccn2)c1. The summed E-state index contributed by atoms with van der Waals surface area (Å²) in [6, 6.07) is 11.2. The molecule has 0 aliphatic rings. The summed E-state index contributed by atoms with van der Waals surface area (Å²) in [4.78, 5) is 15.9. The second-order valence-corrected chi connectivity index (χ2v) is 4.32. The van der Waals surface area contributed by atoms with E-state index in [0.717, 1.165) is 16.9 Å². The molecule has 0 aliphatic heterocycles. The quantitative estimate of drug-likeness (QED) is 0.867. The highest BCUT2D eigenvalue weighted by Crippen LogP contribution is 2.13. The number of nitrogens with zero attached hydrogens (tertiary/aromatic N) is 1. The number of carbonyl (C=O) groups is 1. The van der Waals surface area contributed by atoms with Gasteiger partial charge in [0, 0.05) is 12.3 Å². The number of aryl methyl sites for hydroxylation is 1. The van der Waals surface area contributed by atoms with Crippen molar-refractivity contribution in [2.45, 2.75) is 6.92 Å². The number of anilines is 1. The van der Waals surface area contributed by atoms with Gasteiger partial charge < -0.3 is 10.1 Å². The Morgan fingerprint density at radius 1 is 1.30 bits per heavy atom. The van der Waals surface area contributed by atoms with E-state index in [4.69, 9.17) is 4.74 Å². The molecule has 4 nitrogen and oxygen atoms in total. The van der Waals surface area contributed by atoms with Gasteiger partial charge in [-0.05, 0) is 48.4 Å². The summed E-state index contributed by atoms with van der Waals surface area (Å²) < 4.78 is 5.13. The Morgan fingerprint density at radius 2 is 2.15 bits per heavy atom. The van der Waals surface area contributed by atoms with Crippen LogP contribution in [0.15, 0.2) is 48.7 Å². The molecule has 1 heterocycles. The number of hydrogen-bond acceptors (Lipinski definition) is 3. The van der Waals surface area contributed by atoms with E-state index >= 15 is 0 Å². The normalized spacial score (nSPS) is 10.5. The van der Waals surface area contributed by atoms with Gasteiger partial charge in [0.2, 0.25) is 5.91 Å². The third-order valence-electron chi connectivity index (χ3n) is 2.69. The molecule has 0 aliphatic carbocycles. The van der Waals surface area contributed by atoms with E-state index in [1.54, 1.807) is 19.4 Å². The van der Waals surface area contributed by atoms with Crippen LogP contribution in [0.4, 0.5) is 5.82 Å². The second kappa shape index (κ2) is 6.52. The van der Waals surface area contributed by atoms with Gasteiger partial charge in [-0.3, -0.25) is 4.79 Å². The Hall–Kier alpha value is -2.62. The lowest BCUT2D eigenvalue weighted by molar-refractivity contribution is -0.111. The highest BCUT2D eigenvalue weighted by Gasteiger charge is 1.99. The van der Waals surface area contributed by atoms with Gasteiger partial charge in [0.05, 0.1) is 7.11 Å². The molecule has 1 aromatic carbocycles. The van der Waals surface area contributed by atoms with E-state index in [2.05, 4.69) is 10.3 Å². The predicted molar refractivity (Wildman–Crippen MR) is 79.6 cm³/mol. The summed E-state index contributed by atoms with van der Waals surface area (Å²) >= 11 is 0. The van der Waals surface area contributed by atoms with Crippen molar-refractivity contribution >= 4 is 17.8 Å². The summed E-state index contributed by atoms with van der Waals surface area (Å²) in [7, 11) is 1.61. The average Bonchev–Trinajstić information content (AvgIpc) is 2.45. The van der Waals surface area contributed by atoms with Crippen LogP contribution in [0.2, 0.25) is 0 Å². The van der Waals surface area contributed by atoms with E-state index in [-0.39, 0.29) is 5.91 Å². The number of ether oxygens (including phenoxy) is 1. The van der Waals surface area contributed by atoms with Gasteiger partial charge in [-0.25, -0.2) is 4.98 Å². The van der Waals surface area contributed by atoms with Crippen molar-refractivity contribution < 1.29 is 9.53 Å². The second-order valence-electron chi connectivity index (χ2n) is 4.32. The molecule has 0 bridgehead atoms. The number of amides is 1. The topological polar surface area (TPSA) is 51.2 Å². The predicted octanol–water partition coefficient (Wildman–Crippen LogP) is 3.05. The standard InChI is InChI=1S/C16H16N2O2/c1-12-8-9-17-15(10-12)18-16(19)7-6-13-4-3-5-14(11-13)20-2/h3-11H,1-2H3,(H,17,18,19)/b7-6+. The molecule has 102 valence electrons. The van der Waals surface area contributed by atoms with Crippen molar-refractivity contribution in [3.05, 3.63) is 59.8 Å². The average molecular weight is 268 g/mol. The fourth-order valence-electron chi connectivity index (χ4n) is 1.69. The van der Waals surface area contributed by atoms with E-state index < -0.39 is 0 Å². The fourth-order valence-corrected chi connectivity index (χ4v) is 1.69. The number of benzene rings is 1. The molecule has 0 unspecified atom stereocenters. The van der Waals surface area contributed by atoms with Gasteiger partial charge in [0.1, 0.15) is 11.6 Å². The number of nitrogens with one attached hydrogen (secondary N) is 1. The van der Waals surface area contributed by atoms with Crippen LogP contribution in [-0.2, 0) is 4.79 Å². The molecular formula is C16H16N2O2. The van der Waals surface area contributed by atoms with E-state index in [1.165, 1.54) is 6.08 Å². The first kappa shape index (κ1) is 13.8. The molecule has 20 heavy (non-hydrogen) atoms. The van der Waals surface area contributed by atoms with E-state index in [0.29, 0.717) is 5.82 Å². The van der Waals surface area contributed by atoms with Gasteiger partial charge in [-0.1, -0.05) is 12.1 Å². The molecule has 0 saturated heterocycles. The molecular weight excluding hydrogens is 252 g/mol. The first-order valence-electron chi connectivity index (χ1n) is 6.23. The Kier molecular flexibility index (Phi) is 4.50. The van der Waals surface area contributed by atoms with Crippen LogP contribution < -0.4 is 10.1 Å². The number of hydrogen-bond donors (Lipinski definition) is 1. The highest BCUT2D eigenvalue weighted by atomic mass is 16.5. The number of pyridine rings is 1. The number of aromatic nitrogens is 1. The van der Waals surface area contributed by atoms with Gasteiger partial charge in [0.25, 0.3) is 0 Å². The molecule has 2 rings (SSSR count). The van der Waals surface area contributed by atoms with Crippen LogP contribution in [0.25, 0.3) is 6.08 Å². The van der Waals surface area contributed by atoms with Crippen LogP contribution >= 0.6 is 0 Å². The zero-order valence-electron chi connectivity index (χ0n) is 11.5. The van der Waals surface area contributed by atoms with Crippen molar-refractivity contribution in [3.8, 4) is 5.75 Å². The summed E-state index contributed by atoms with van der Waals surface area (Å²) in [5.41, 5.74) is 1.95. The zero-order valence-corrected chi connectivity index (χ0v) is 11.5. The summed E-state index contributed by atoms with van der Waals surface area (Å²) in [6.45, 7) is 1.95. The van der Waals surface area contributed by atoms with Crippen LogP contribution in [-0.4, -0.2) is 18.0 Å². The molecule has 4 heteroatoms. The Bertz CT molecular complexity index is 636. The van der Waals surface area contributed by atoms with Gasteiger partial charge in [-0.15, -0.1) is 0 Å². The largest absolute Gasteiger partial charge is 0.497 e. The molecule has 0 radical (unpaired) electrons. The Labute approximate surface area is 118 Å². The van der Waals surface area contributed by atoms with Crippen molar-refractivity contribution in [2.24, 2.45) is 0 Å². The van der Waals surface area contributed by atoms with Crippen molar-refractivity contribution in [1.82, 2.24) is 4.98 Å². The molecule has 1 aromatic heterocycles. The minimum Gasteiger partial charge on any atom is -0.497 e. The zero-order chi connectivity index (χ0) is 14.4. The molecule has 2 aromatic rings. The van der Waals surface area contributed by atoms with Crippen LogP contribution in [0.1, 0.15) is 11.1 Å². The van der Waals surface area contributed by atoms with Crippen LogP contribution in [0.5, 0.6) is 5.75 Å². The van der Waals surface area contributed by atoms with Crippen molar-refractivity contribution in [3.63, 3.8) is 0 Å². The summed E-state index contributed by atoms with van der Waals surface area (Å²) in [5, 5.41) is 2.71. The lowest BCUT2D eigenvalue weighted by Crippen LogP contribution is -2.09. The van der Waals surface area contributed by atoms with E-state index in [9.17, 15) is 4.79 Å². The molecule has 1 N–H and O–H groups in total. The van der Waals surface area contributed by atoms with Crippen LogP contribution in [0, 0.1) is 6.92 Å². The number of methoxy groups -OCH3 is 1. The Balaban J connectivity index is 2.02. The van der Waals surface area contributed by atoms with E-state index in [1.807, 2.05) is 43.3 Å². The van der Waals surface area contributed by atoms with Crippen molar-refractivity contribution in [2.75, 3.05) is 12.4 Å². The maximum absolute atomic E-state index is 11.8. The fraction of sp³-hybridized carbons (Fsp3) is 0.125. The summed E-state index contributed by atoms with van der Waals surface area (Å²) in [5.74, 6) is 1.09. The Morgan fingerprint density at radius 3 is 2.90 bits per heavy atom. The minimum absolute atomic E-state index is 0.217. The third kappa shape index (κ3) is 3.95. The maximum atomic E-state index is 11.8. The molecule has 0 fully saturated rings. The lowest BCUT2D eigenvalue weighted by Gasteiger charge is -2.02. The highest BCUT2D eigenvalue weighted by molar-refractivity contribution is 6.01. The third-order valence-corrected chi connectivity index (χ3v) is 2.69.